The van der Waals surface area contributed by atoms with Gasteiger partial charge in [-0.3, -0.25) is 10.0 Å². The normalized spacial score (nSPS) is 13.4. The van der Waals surface area contributed by atoms with E-state index in [2.05, 4.69) is 4.72 Å². The molecule has 166 valence electrons. The SMILES string of the molecule is O=C(NO)[C@H](COCc1ccccc1)NS(=O)(=O)c1ccc2c(c1)Cc1ccccc1O2. The molecule has 0 aromatic heterocycles. The van der Waals surface area contributed by atoms with E-state index in [-0.39, 0.29) is 18.1 Å². The van der Waals surface area contributed by atoms with Crippen molar-refractivity contribution < 1.29 is 27.9 Å². The molecular weight excluding hydrogens is 432 g/mol. The van der Waals surface area contributed by atoms with Crippen LogP contribution < -0.4 is 14.9 Å². The average Bonchev–Trinajstić information content (AvgIpc) is 2.81. The Labute approximate surface area is 185 Å². The zero-order valence-electron chi connectivity index (χ0n) is 17.0. The number of amides is 1. The molecule has 4 rings (SSSR count). The topological polar surface area (TPSA) is 114 Å². The maximum atomic E-state index is 13.0. The number of hydrogen-bond acceptors (Lipinski definition) is 6. The Morgan fingerprint density at radius 3 is 2.50 bits per heavy atom. The lowest BCUT2D eigenvalue weighted by Gasteiger charge is -2.21. The first-order valence-corrected chi connectivity index (χ1v) is 11.4. The number of carbonyl (C=O) groups is 1. The summed E-state index contributed by atoms with van der Waals surface area (Å²) in [6, 6.07) is 20.0. The molecule has 1 aliphatic heterocycles. The van der Waals surface area contributed by atoms with Crippen molar-refractivity contribution in [2.75, 3.05) is 6.61 Å². The third-order valence-electron chi connectivity index (χ3n) is 5.04. The maximum Gasteiger partial charge on any atom is 0.263 e. The van der Waals surface area contributed by atoms with Crippen molar-refractivity contribution in [3.8, 4) is 11.5 Å². The van der Waals surface area contributed by atoms with Gasteiger partial charge in [0.25, 0.3) is 5.91 Å². The fraction of sp³-hybridized carbons (Fsp3) is 0.174. The summed E-state index contributed by atoms with van der Waals surface area (Å²) in [6.07, 6.45) is 0.523. The minimum atomic E-state index is -4.08. The Morgan fingerprint density at radius 2 is 1.72 bits per heavy atom. The molecule has 1 heterocycles. The van der Waals surface area contributed by atoms with Gasteiger partial charge in [-0.1, -0.05) is 48.5 Å². The monoisotopic (exact) mass is 454 g/mol. The molecule has 0 saturated carbocycles. The Bertz CT molecular complexity index is 1210. The van der Waals surface area contributed by atoms with E-state index < -0.39 is 22.0 Å². The van der Waals surface area contributed by atoms with Crippen LogP contribution in [0.25, 0.3) is 0 Å². The van der Waals surface area contributed by atoms with Crippen LogP contribution in [0.2, 0.25) is 0 Å². The van der Waals surface area contributed by atoms with Crippen LogP contribution in [0.15, 0.2) is 77.7 Å². The molecular formula is C23H22N2O6S. The molecule has 32 heavy (non-hydrogen) atoms. The molecule has 0 radical (unpaired) electrons. The second-order valence-corrected chi connectivity index (χ2v) is 9.02. The molecule has 0 spiro atoms. The summed E-state index contributed by atoms with van der Waals surface area (Å²) in [5.74, 6) is 0.402. The van der Waals surface area contributed by atoms with E-state index >= 15 is 0 Å². The summed E-state index contributed by atoms with van der Waals surface area (Å²) in [5, 5.41) is 9.03. The molecule has 1 amide bonds. The van der Waals surface area contributed by atoms with Gasteiger partial charge in [-0.15, -0.1) is 0 Å². The molecule has 0 saturated heterocycles. The van der Waals surface area contributed by atoms with E-state index in [0.29, 0.717) is 12.2 Å². The molecule has 9 heteroatoms. The van der Waals surface area contributed by atoms with Gasteiger partial charge < -0.3 is 9.47 Å². The largest absolute Gasteiger partial charge is 0.457 e. The van der Waals surface area contributed by atoms with Crippen LogP contribution in [0.5, 0.6) is 11.5 Å². The molecule has 3 aromatic carbocycles. The quantitative estimate of drug-likeness (QED) is 0.279. The van der Waals surface area contributed by atoms with Gasteiger partial charge >= 0.3 is 0 Å². The van der Waals surface area contributed by atoms with E-state index in [1.807, 2.05) is 54.6 Å². The number of sulfonamides is 1. The Kier molecular flexibility index (Phi) is 6.52. The zero-order chi connectivity index (χ0) is 22.6. The third-order valence-corrected chi connectivity index (χ3v) is 6.51. The van der Waals surface area contributed by atoms with E-state index in [1.54, 1.807) is 6.07 Å². The number of fused-ring (bicyclic) bond motifs is 2. The second-order valence-electron chi connectivity index (χ2n) is 7.31. The first-order chi connectivity index (χ1) is 15.5. The molecule has 1 atom stereocenters. The van der Waals surface area contributed by atoms with Crippen LogP contribution in [0, 0.1) is 0 Å². The van der Waals surface area contributed by atoms with Gasteiger partial charge in [0.15, 0.2) is 0 Å². The highest BCUT2D eigenvalue weighted by Crippen LogP contribution is 2.37. The summed E-state index contributed by atoms with van der Waals surface area (Å²) in [5.41, 5.74) is 4.02. The lowest BCUT2D eigenvalue weighted by atomic mass is 10.0. The number of hydroxylamine groups is 1. The number of nitrogens with one attached hydrogen (secondary N) is 2. The number of rotatable bonds is 8. The van der Waals surface area contributed by atoms with Crippen molar-refractivity contribution in [2.45, 2.75) is 24.0 Å². The van der Waals surface area contributed by atoms with Gasteiger partial charge in [0.05, 0.1) is 18.1 Å². The smallest absolute Gasteiger partial charge is 0.263 e. The first kappa shape index (κ1) is 22.0. The number of hydrogen-bond donors (Lipinski definition) is 3. The Hall–Kier alpha value is -3.24. The highest BCUT2D eigenvalue weighted by molar-refractivity contribution is 7.89. The minimum Gasteiger partial charge on any atom is -0.457 e. The average molecular weight is 455 g/mol. The van der Waals surface area contributed by atoms with E-state index in [4.69, 9.17) is 14.7 Å². The fourth-order valence-corrected chi connectivity index (χ4v) is 4.63. The molecule has 8 nitrogen and oxygen atoms in total. The van der Waals surface area contributed by atoms with Gasteiger partial charge in [0, 0.05) is 12.0 Å². The Balaban J connectivity index is 1.48. The number of para-hydroxylation sites is 1. The van der Waals surface area contributed by atoms with Crippen LogP contribution in [0.4, 0.5) is 0 Å². The molecule has 0 unspecified atom stereocenters. The van der Waals surface area contributed by atoms with Crippen molar-refractivity contribution >= 4 is 15.9 Å². The van der Waals surface area contributed by atoms with Gasteiger partial charge in [-0.25, -0.2) is 13.9 Å². The molecule has 3 N–H and O–H groups in total. The number of benzene rings is 3. The van der Waals surface area contributed by atoms with Gasteiger partial charge in [-0.2, -0.15) is 4.72 Å². The Morgan fingerprint density at radius 1 is 1.00 bits per heavy atom. The van der Waals surface area contributed by atoms with Crippen molar-refractivity contribution in [3.05, 3.63) is 89.5 Å². The van der Waals surface area contributed by atoms with Gasteiger partial charge in [0.2, 0.25) is 10.0 Å². The summed E-state index contributed by atoms with van der Waals surface area (Å²) >= 11 is 0. The van der Waals surface area contributed by atoms with Crippen molar-refractivity contribution in [3.63, 3.8) is 0 Å². The van der Waals surface area contributed by atoms with Crippen LogP contribution >= 0.6 is 0 Å². The highest BCUT2D eigenvalue weighted by atomic mass is 32.2. The highest BCUT2D eigenvalue weighted by Gasteiger charge is 2.27. The van der Waals surface area contributed by atoms with E-state index in [1.165, 1.54) is 17.6 Å². The summed E-state index contributed by atoms with van der Waals surface area (Å²) in [6.45, 7) is -0.0741. The van der Waals surface area contributed by atoms with Crippen LogP contribution in [0.3, 0.4) is 0 Å². The molecule has 3 aromatic rings. The van der Waals surface area contributed by atoms with E-state index in [0.717, 1.165) is 22.4 Å². The lowest BCUT2D eigenvalue weighted by molar-refractivity contribution is -0.132. The summed E-state index contributed by atoms with van der Waals surface area (Å²) in [7, 11) is -4.08. The fourth-order valence-electron chi connectivity index (χ4n) is 3.40. The second kappa shape index (κ2) is 9.49. The van der Waals surface area contributed by atoms with Crippen LogP contribution in [-0.4, -0.2) is 32.2 Å². The van der Waals surface area contributed by atoms with Gasteiger partial charge in [-0.05, 0) is 35.4 Å². The zero-order valence-corrected chi connectivity index (χ0v) is 17.8. The predicted octanol–water partition coefficient (Wildman–Crippen LogP) is 2.75. The van der Waals surface area contributed by atoms with E-state index in [9.17, 15) is 13.2 Å². The third kappa shape index (κ3) is 4.97. The van der Waals surface area contributed by atoms with Crippen LogP contribution in [-0.2, 0) is 32.6 Å². The molecule has 0 aliphatic carbocycles. The minimum absolute atomic E-state index is 0.0157. The van der Waals surface area contributed by atoms with Crippen molar-refractivity contribution in [2.24, 2.45) is 0 Å². The summed E-state index contributed by atoms with van der Waals surface area (Å²) in [4.78, 5) is 12.0. The molecule has 0 bridgehead atoms. The standard InChI is InChI=1S/C23H22N2O6S/c26-23(24-27)20(15-30-14-16-6-2-1-3-7-16)25-32(28,29)19-10-11-22-18(13-19)12-17-8-4-5-9-21(17)31-22/h1-11,13,20,25,27H,12,14-15H2,(H,24,26)/t20-/m0/s1. The number of carbonyl (C=O) groups excluding carboxylic acids is 1. The number of ether oxygens (including phenoxy) is 2. The predicted molar refractivity (Wildman–Crippen MR) is 116 cm³/mol. The molecule has 0 fully saturated rings. The lowest BCUT2D eigenvalue weighted by Crippen LogP contribution is -2.48. The molecule has 1 aliphatic rings. The van der Waals surface area contributed by atoms with Crippen molar-refractivity contribution in [1.82, 2.24) is 10.2 Å². The van der Waals surface area contributed by atoms with Crippen LogP contribution in [0.1, 0.15) is 16.7 Å². The summed E-state index contributed by atoms with van der Waals surface area (Å²) < 4.78 is 39.6. The maximum absolute atomic E-state index is 13.0. The first-order valence-electron chi connectivity index (χ1n) is 9.93. The van der Waals surface area contributed by atoms with Crippen molar-refractivity contribution in [1.29, 1.82) is 0 Å². The van der Waals surface area contributed by atoms with Gasteiger partial charge in [0.1, 0.15) is 17.5 Å².